The fraction of sp³-hybridized carbons (Fsp3) is 0.133. The third-order valence-corrected chi connectivity index (χ3v) is 4.39. The van der Waals surface area contributed by atoms with Crippen molar-refractivity contribution in [2.24, 2.45) is 7.05 Å². The third-order valence-electron chi connectivity index (χ3n) is 3.36. The van der Waals surface area contributed by atoms with Gasteiger partial charge in [0.15, 0.2) is 17.2 Å². The lowest BCUT2D eigenvalue weighted by atomic mass is 10.0. The monoisotopic (exact) mass is 353 g/mol. The van der Waals surface area contributed by atoms with Crippen LogP contribution in [-0.2, 0) is 7.05 Å². The van der Waals surface area contributed by atoms with Gasteiger partial charge in [-0.1, -0.05) is 34.1 Å². The summed E-state index contributed by atoms with van der Waals surface area (Å²) in [5, 5.41) is 0. The van der Waals surface area contributed by atoms with Crippen molar-refractivity contribution in [2.45, 2.75) is 4.83 Å². The average Bonchev–Trinajstić information content (AvgIpc) is 2.76. The van der Waals surface area contributed by atoms with Gasteiger partial charge in [0.2, 0.25) is 0 Å². The number of hydrogen-bond donors (Lipinski definition) is 0. The molecule has 0 bridgehead atoms. The van der Waals surface area contributed by atoms with Crippen LogP contribution >= 0.6 is 15.9 Å². The normalized spacial score (nSPS) is 12.8. The van der Waals surface area contributed by atoms with E-state index < -0.39 is 22.2 Å². The number of aryl methyl sites for hydroxylation is 1. The second-order valence-electron chi connectivity index (χ2n) is 4.66. The molecule has 3 aromatic rings. The maximum atomic E-state index is 13.8. The van der Waals surface area contributed by atoms with E-state index in [1.165, 1.54) is 16.7 Å². The predicted octanol–water partition coefficient (Wildman–Crippen LogP) is 3.89. The van der Waals surface area contributed by atoms with E-state index in [1.807, 2.05) is 0 Å². The molecule has 0 N–H and O–H groups in total. The summed E-state index contributed by atoms with van der Waals surface area (Å²) in [6.45, 7) is 0. The van der Waals surface area contributed by atoms with Crippen molar-refractivity contribution in [3.63, 3.8) is 0 Å². The first-order valence-electron chi connectivity index (χ1n) is 6.16. The number of rotatable bonds is 2. The molecule has 6 heteroatoms. The van der Waals surface area contributed by atoms with E-state index in [2.05, 4.69) is 15.9 Å². The molecule has 0 saturated heterocycles. The largest absolute Gasteiger partial charge is 0.419 e. The minimum absolute atomic E-state index is 0.188. The van der Waals surface area contributed by atoms with Crippen LogP contribution in [0.15, 0.2) is 45.6 Å². The molecular weight excluding hydrogens is 344 g/mol. The summed E-state index contributed by atoms with van der Waals surface area (Å²) in [5.41, 5.74) is 1.90. The number of nitrogens with zero attached hydrogens (tertiary/aromatic N) is 1. The van der Waals surface area contributed by atoms with Crippen molar-refractivity contribution in [1.82, 2.24) is 4.57 Å². The molecular formula is C15H10BrF2NO2. The smallest absolute Gasteiger partial charge is 0.408 e. The van der Waals surface area contributed by atoms with Gasteiger partial charge in [0.05, 0.1) is 10.3 Å². The van der Waals surface area contributed by atoms with Crippen molar-refractivity contribution in [3.8, 4) is 0 Å². The standard InChI is InChI=1S/C15H10BrF2NO2/c1-19-11-6-5-8(7-12(11)21-15(19)20)13(16)9-3-2-4-10(17)14(9)18/h2-7,13H,1H3. The van der Waals surface area contributed by atoms with Crippen LogP contribution in [0.2, 0.25) is 0 Å². The molecule has 3 rings (SSSR count). The summed E-state index contributed by atoms with van der Waals surface area (Å²) in [7, 11) is 1.60. The van der Waals surface area contributed by atoms with Crippen LogP contribution in [0.5, 0.6) is 0 Å². The molecule has 1 unspecified atom stereocenters. The second kappa shape index (κ2) is 5.11. The average molecular weight is 354 g/mol. The molecule has 0 fully saturated rings. The summed E-state index contributed by atoms with van der Waals surface area (Å²) in [6, 6.07) is 9.10. The molecule has 2 aromatic carbocycles. The minimum atomic E-state index is -0.899. The zero-order valence-corrected chi connectivity index (χ0v) is 12.5. The summed E-state index contributed by atoms with van der Waals surface area (Å²) in [4.78, 5) is 10.9. The lowest BCUT2D eigenvalue weighted by molar-refractivity contribution is 0.500. The topological polar surface area (TPSA) is 35.1 Å². The van der Waals surface area contributed by atoms with Crippen LogP contribution in [0.4, 0.5) is 8.78 Å². The molecule has 1 aromatic heterocycles. The van der Waals surface area contributed by atoms with Crippen molar-refractivity contribution >= 4 is 27.0 Å². The number of hydrogen-bond acceptors (Lipinski definition) is 2. The number of aromatic nitrogens is 1. The summed E-state index contributed by atoms with van der Waals surface area (Å²) >= 11 is 3.36. The zero-order chi connectivity index (χ0) is 15.1. The van der Waals surface area contributed by atoms with Crippen molar-refractivity contribution in [2.75, 3.05) is 0 Å². The van der Waals surface area contributed by atoms with Gasteiger partial charge >= 0.3 is 5.76 Å². The van der Waals surface area contributed by atoms with E-state index in [-0.39, 0.29) is 5.56 Å². The van der Waals surface area contributed by atoms with Gasteiger partial charge < -0.3 is 4.42 Å². The highest BCUT2D eigenvalue weighted by molar-refractivity contribution is 9.09. The molecule has 108 valence electrons. The molecule has 0 amide bonds. The maximum absolute atomic E-state index is 13.8. The Labute approximate surface area is 126 Å². The Morgan fingerprint density at radius 1 is 1.24 bits per heavy atom. The molecule has 0 aliphatic carbocycles. The number of oxazole rings is 1. The van der Waals surface area contributed by atoms with Gasteiger partial charge in [-0.2, -0.15) is 0 Å². The number of benzene rings is 2. The van der Waals surface area contributed by atoms with E-state index >= 15 is 0 Å². The van der Waals surface area contributed by atoms with Gasteiger partial charge in [-0.05, 0) is 23.8 Å². The lowest BCUT2D eigenvalue weighted by Crippen LogP contribution is -2.08. The van der Waals surface area contributed by atoms with E-state index in [4.69, 9.17) is 4.42 Å². The lowest BCUT2D eigenvalue weighted by Gasteiger charge is -2.12. The first-order valence-corrected chi connectivity index (χ1v) is 7.08. The minimum Gasteiger partial charge on any atom is -0.408 e. The van der Waals surface area contributed by atoms with Gasteiger partial charge in [-0.3, -0.25) is 4.57 Å². The Bertz CT molecular complexity index is 885. The van der Waals surface area contributed by atoms with Crippen molar-refractivity contribution in [1.29, 1.82) is 0 Å². The van der Waals surface area contributed by atoms with Gasteiger partial charge in [-0.15, -0.1) is 0 Å². The number of fused-ring (bicyclic) bond motifs is 1. The molecule has 0 aliphatic heterocycles. The fourth-order valence-electron chi connectivity index (χ4n) is 2.20. The molecule has 1 atom stereocenters. The van der Waals surface area contributed by atoms with Gasteiger partial charge in [0, 0.05) is 12.6 Å². The van der Waals surface area contributed by atoms with Crippen LogP contribution in [0.1, 0.15) is 16.0 Å². The summed E-state index contributed by atoms with van der Waals surface area (Å²) in [5.74, 6) is -2.26. The van der Waals surface area contributed by atoms with E-state index in [9.17, 15) is 13.6 Å². The SMILES string of the molecule is Cn1c(=O)oc2cc(C(Br)c3cccc(F)c3F)ccc21. The molecule has 0 saturated carbocycles. The van der Waals surface area contributed by atoms with Crippen molar-refractivity contribution < 1.29 is 13.2 Å². The molecule has 21 heavy (non-hydrogen) atoms. The molecule has 0 spiro atoms. The van der Waals surface area contributed by atoms with Crippen LogP contribution < -0.4 is 5.76 Å². The van der Waals surface area contributed by atoms with Crippen LogP contribution in [-0.4, -0.2) is 4.57 Å². The Balaban J connectivity index is 2.11. The molecule has 1 heterocycles. The maximum Gasteiger partial charge on any atom is 0.419 e. The highest BCUT2D eigenvalue weighted by atomic mass is 79.9. The van der Waals surface area contributed by atoms with Crippen LogP contribution in [0.25, 0.3) is 11.1 Å². The highest BCUT2D eigenvalue weighted by Crippen LogP contribution is 2.34. The first-order chi connectivity index (χ1) is 9.99. The van der Waals surface area contributed by atoms with E-state index in [0.717, 1.165) is 6.07 Å². The molecule has 3 nitrogen and oxygen atoms in total. The Kier molecular flexibility index (Phi) is 3.41. The zero-order valence-electron chi connectivity index (χ0n) is 10.9. The Hall–Kier alpha value is -1.95. The number of halogens is 3. The second-order valence-corrected chi connectivity index (χ2v) is 5.58. The van der Waals surface area contributed by atoms with E-state index in [1.54, 1.807) is 25.2 Å². The quantitative estimate of drug-likeness (QED) is 0.655. The Morgan fingerprint density at radius 2 is 2.00 bits per heavy atom. The van der Waals surface area contributed by atoms with Gasteiger partial charge in [-0.25, -0.2) is 13.6 Å². The van der Waals surface area contributed by atoms with Gasteiger partial charge in [0.1, 0.15) is 0 Å². The molecule has 0 radical (unpaired) electrons. The first kappa shape index (κ1) is 14.0. The molecule has 0 aliphatic rings. The third kappa shape index (κ3) is 2.29. The van der Waals surface area contributed by atoms with Gasteiger partial charge in [0.25, 0.3) is 0 Å². The fourth-order valence-corrected chi connectivity index (χ4v) is 2.84. The summed E-state index contributed by atoms with van der Waals surface area (Å²) < 4.78 is 33.6. The van der Waals surface area contributed by atoms with Crippen molar-refractivity contribution in [3.05, 3.63) is 69.7 Å². The highest BCUT2D eigenvalue weighted by Gasteiger charge is 2.18. The summed E-state index contributed by atoms with van der Waals surface area (Å²) in [6.07, 6.45) is 0. The van der Waals surface area contributed by atoms with E-state index in [0.29, 0.717) is 16.7 Å². The predicted molar refractivity (Wildman–Crippen MR) is 78.6 cm³/mol. The van der Waals surface area contributed by atoms with Crippen LogP contribution in [0.3, 0.4) is 0 Å². The van der Waals surface area contributed by atoms with Crippen LogP contribution in [0, 0.1) is 11.6 Å². The Morgan fingerprint density at radius 3 is 2.76 bits per heavy atom. The number of alkyl halides is 1.